The third-order valence-electron chi connectivity index (χ3n) is 4.46. The molecule has 122 valence electrons. The van der Waals surface area contributed by atoms with E-state index in [1.807, 2.05) is 24.3 Å². The second kappa shape index (κ2) is 6.29. The largest absolute Gasteiger partial charge is 0.397 e. The van der Waals surface area contributed by atoms with Gasteiger partial charge in [0.1, 0.15) is 0 Å². The van der Waals surface area contributed by atoms with E-state index in [0.29, 0.717) is 11.4 Å². The fourth-order valence-corrected chi connectivity index (χ4v) is 3.23. The van der Waals surface area contributed by atoms with Crippen molar-refractivity contribution < 1.29 is 4.79 Å². The maximum Gasteiger partial charge on any atom is 0.248 e. The lowest BCUT2D eigenvalue weighted by molar-refractivity contribution is -0.111. The molecule has 3 aromatic carbocycles. The molecule has 0 aromatic heterocycles. The average Bonchev–Trinajstić information content (AvgIpc) is 3.00. The first-order valence-electron chi connectivity index (χ1n) is 8.25. The Morgan fingerprint density at radius 3 is 2.56 bits per heavy atom. The van der Waals surface area contributed by atoms with Gasteiger partial charge in [0.15, 0.2) is 0 Å². The number of carbonyl (C=O) groups excluding carboxylic acids is 1. The van der Waals surface area contributed by atoms with E-state index in [1.54, 1.807) is 12.1 Å². The Morgan fingerprint density at radius 1 is 0.920 bits per heavy atom. The molecule has 0 atom stereocenters. The number of para-hydroxylation sites is 2. The van der Waals surface area contributed by atoms with E-state index in [-0.39, 0.29) is 5.91 Å². The summed E-state index contributed by atoms with van der Waals surface area (Å²) in [7, 11) is 0. The van der Waals surface area contributed by atoms with E-state index < -0.39 is 0 Å². The summed E-state index contributed by atoms with van der Waals surface area (Å²) < 4.78 is 0. The number of carbonyl (C=O) groups is 1. The molecule has 3 nitrogen and oxygen atoms in total. The lowest BCUT2D eigenvalue weighted by Gasteiger charge is -2.05. The smallest absolute Gasteiger partial charge is 0.248 e. The lowest BCUT2D eigenvalue weighted by Crippen LogP contribution is -2.09. The van der Waals surface area contributed by atoms with Gasteiger partial charge in [-0.1, -0.05) is 54.6 Å². The molecule has 0 saturated heterocycles. The molecule has 0 radical (unpaired) electrons. The molecule has 3 aromatic rings. The molecular weight excluding hydrogens is 308 g/mol. The van der Waals surface area contributed by atoms with Crippen molar-refractivity contribution >= 4 is 23.4 Å². The maximum atomic E-state index is 12.1. The Balaban J connectivity index is 1.50. The van der Waals surface area contributed by atoms with E-state index in [0.717, 1.165) is 12.0 Å². The van der Waals surface area contributed by atoms with Crippen molar-refractivity contribution in [3.63, 3.8) is 0 Å². The number of anilines is 2. The summed E-state index contributed by atoms with van der Waals surface area (Å²) in [5.41, 5.74) is 13.3. The van der Waals surface area contributed by atoms with Gasteiger partial charge in [-0.25, -0.2) is 0 Å². The van der Waals surface area contributed by atoms with Crippen molar-refractivity contribution in [3.8, 4) is 11.1 Å². The van der Waals surface area contributed by atoms with Gasteiger partial charge in [-0.05, 0) is 52.4 Å². The molecule has 3 heteroatoms. The molecule has 1 aliphatic rings. The first-order chi connectivity index (χ1) is 12.2. The number of hydrogen-bond acceptors (Lipinski definition) is 2. The van der Waals surface area contributed by atoms with Gasteiger partial charge in [0.25, 0.3) is 0 Å². The fraction of sp³-hybridized carbons (Fsp3) is 0.0455. The summed E-state index contributed by atoms with van der Waals surface area (Å²) in [6, 6.07) is 22.0. The van der Waals surface area contributed by atoms with E-state index in [4.69, 9.17) is 5.73 Å². The van der Waals surface area contributed by atoms with Crippen molar-refractivity contribution in [1.82, 2.24) is 0 Å². The summed E-state index contributed by atoms with van der Waals surface area (Å²) in [6.07, 6.45) is 4.31. The minimum absolute atomic E-state index is 0.193. The van der Waals surface area contributed by atoms with Crippen molar-refractivity contribution in [2.75, 3.05) is 11.1 Å². The van der Waals surface area contributed by atoms with Gasteiger partial charge in [-0.2, -0.15) is 0 Å². The van der Waals surface area contributed by atoms with Crippen LogP contribution in [0, 0.1) is 0 Å². The van der Waals surface area contributed by atoms with Crippen LogP contribution in [0.4, 0.5) is 11.4 Å². The quantitative estimate of drug-likeness (QED) is 0.430. The first-order valence-corrected chi connectivity index (χ1v) is 8.25. The molecule has 4 rings (SSSR count). The molecule has 0 saturated carbocycles. The predicted molar refractivity (Wildman–Crippen MR) is 103 cm³/mol. The van der Waals surface area contributed by atoms with Crippen molar-refractivity contribution in [2.45, 2.75) is 6.42 Å². The van der Waals surface area contributed by atoms with Gasteiger partial charge in [0, 0.05) is 6.08 Å². The van der Waals surface area contributed by atoms with E-state index in [2.05, 4.69) is 41.7 Å². The molecular formula is C22H18N2O. The zero-order valence-corrected chi connectivity index (χ0v) is 13.7. The van der Waals surface area contributed by atoms with Gasteiger partial charge in [-0.15, -0.1) is 0 Å². The Labute approximate surface area is 146 Å². The van der Waals surface area contributed by atoms with Crippen LogP contribution in [0.1, 0.15) is 16.7 Å². The Bertz CT molecular complexity index is 989. The van der Waals surface area contributed by atoms with Crippen LogP contribution in [0.15, 0.2) is 72.8 Å². The zero-order valence-electron chi connectivity index (χ0n) is 13.7. The SMILES string of the molecule is Nc1ccccc1NC(=O)C=Cc1ccc2c(c1)Cc1ccccc1-2. The number of benzene rings is 3. The highest BCUT2D eigenvalue weighted by molar-refractivity contribution is 6.03. The molecule has 1 aliphatic carbocycles. The summed E-state index contributed by atoms with van der Waals surface area (Å²) in [6.45, 7) is 0. The molecule has 0 spiro atoms. The number of fused-ring (bicyclic) bond motifs is 3. The fourth-order valence-electron chi connectivity index (χ4n) is 3.23. The molecule has 0 bridgehead atoms. The maximum absolute atomic E-state index is 12.1. The molecule has 25 heavy (non-hydrogen) atoms. The van der Waals surface area contributed by atoms with Crippen LogP contribution in [0.25, 0.3) is 17.2 Å². The van der Waals surface area contributed by atoms with Crippen LogP contribution < -0.4 is 11.1 Å². The highest BCUT2D eigenvalue weighted by Crippen LogP contribution is 2.36. The van der Waals surface area contributed by atoms with E-state index in [9.17, 15) is 4.79 Å². The number of rotatable bonds is 3. The Kier molecular flexibility index (Phi) is 3.82. The third-order valence-corrected chi connectivity index (χ3v) is 4.46. The van der Waals surface area contributed by atoms with Gasteiger partial charge in [0.2, 0.25) is 5.91 Å². The van der Waals surface area contributed by atoms with Crippen LogP contribution in [0.5, 0.6) is 0 Å². The monoisotopic (exact) mass is 326 g/mol. The number of nitrogens with two attached hydrogens (primary N) is 1. The minimum Gasteiger partial charge on any atom is -0.397 e. The molecule has 0 unspecified atom stereocenters. The third kappa shape index (κ3) is 3.04. The molecule has 0 heterocycles. The van der Waals surface area contributed by atoms with Crippen LogP contribution in [0.3, 0.4) is 0 Å². The van der Waals surface area contributed by atoms with Gasteiger partial charge in [-0.3, -0.25) is 4.79 Å². The molecule has 1 amide bonds. The summed E-state index contributed by atoms with van der Waals surface area (Å²) >= 11 is 0. The van der Waals surface area contributed by atoms with Crippen LogP contribution in [-0.4, -0.2) is 5.91 Å². The van der Waals surface area contributed by atoms with Crippen molar-refractivity contribution in [2.24, 2.45) is 0 Å². The number of amides is 1. The predicted octanol–water partition coefficient (Wildman–Crippen LogP) is 4.49. The van der Waals surface area contributed by atoms with Crippen molar-refractivity contribution in [1.29, 1.82) is 0 Å². The summed E-state index contributed by atoms with van der Waals surface area (Å²) in [5, 5.41) is 2.80. The molecule has 0 aliphatic heterocycles. The summed E-state index contributed by atoms with van der Waals surface area (Å²) in [5.74, 6) is -0.193. The Hall–Kier alpha value is -3.33. The second-order valence-electron chi connectivity index (χ2n) is 6.16. The lowest BCUT2D eigenvalue weighted by atomic mass is 10.0. The normalized spacial score (nSPS) is 12.0. The standard InChI is InChI=1S/C22H18N2O/c23-20-7-3-4-8-21(20)24-22(25)12-10-15-9-11-19-17(13-15)14-16-5-1-2-6-18(16)19/h1-13H,14,23H2,(H,24,25). The summed E-state index contributed by atoms with van der Waals surface area (Å²) in [4.78, 5) is 12.1. The highest BCUT2D eigenvalue weighted by Gasteiger charge is 2.17. The van der Waals surface area contributed by atoms with Crippen LogP contribution in [0.2, 0.25) is 0 Å². The Morgan fingerprint density at radius 2 is 1.68 bits per heavy atom. The van der Waals surface area contributed by atoms with Gasteiger partial charge in [0.05, 0.1) is 11.4 Å². The highest BCUT2D eigenvalue weighted by atomic mass is 16.1. The molecule has 0 fully saturated rings. The van der Waals surface area contributed by atoms with E-state index >= 15 is 0 Å². The van der Waals surface area contributed by atoms with E-state index in [1.165, 1.54) is 28.3 Å². The first kappa shape index (κ1) is 15.2. The zero-order chi connectivity index (χ0) is 17.2. The average molecular weight is 326 g/mol. The minimum atomic E-state index is -0.193. The van der Waals surface area contributed by atoms with Gasteiger partial charge >= 0.3 is 0 Å². The second-order valence-corrected chi connectivity index (χ2v) is 6.16. The number of hydrogen-bond donors (Lipinski definition) is 2. The molecule has 3 N–H and O–H groups in total. The van der Waals surface area contributed by atoms with Crippen LogP contribution in [-0.2, 0) is 11.2 Å². The van der Waals surface area contributed by atoms with Gasteiger partial charge < -0.3 is 11.1 Å². The van der Waals surface area contributed by atoms with Crippen LogP contribution >= 0.6 is 0 Å². The number of nitrogens with one attached hydrogen (secondary N) is 1. The number of nitrogen functional groups attached to an aromatic ring is 1. The van der Waals surface area contributed by atoms with Crippen molar-refractivity contribution in [3.05, 3.63) is 89.5 Å². The topological polar surface area (TPSA) is 55.1 Å².